The number of hydrogen-bond acceptors (Lipinski definition) is 2. The van der Waals surface area contributed by atoms with Crippen molar-refractivity contribution in [3.63, 3.8) is 0 Å². The molecule has 0 radical (unpaired) electrons. The lowest BCUT2D eigenvalue weighted by atomic mass is 10.0. The number of hydrogen-bond donors (Lipinski definition) is 1. The maximum atomic E-state index is 12.3. The topological polar surface area (TPSA) is 40.5 Å². The minimum Gasteiger partial charge on any atom is -0.383 e. The Bertz CT molecular complexity index is 718. The van der Waals surface area contributed by atoms with Gasteiger partial charge in [-0.3, -0.25) is 4.79 Å². The summed E-state index contributed by atoms with van der Waals surface area (Å²) in [6.45, 7) is 0. The summed E-state index contributed by atoms with van der Waals surface area (Å²) in [6.07, 6.45) is -0.794. The molecular weight excluding hydrogens is 345 g/mol. The molecule has 0 spiro atoms. The van der Waals surface area contributed by atoms with Crippen molar-refractivity contribution in [2.24, 2.45) is 0 Å². The van der Waals surface area contributed by atoms with E-state index in [-0.39, 0.29) is 18.4 Å². The standard InChI is InChI=1S/C16H12Cl3NO2/c17-9-4-6-10(7-5-9)20-13(8-14(21)16(20)22)11-2-1-3-12(18)15(11)19/h1-7,13-14,21H,8H2/t13-,14-/m0/s1. The Morgan fingerprint density at radius 1 is 1.05 bits per heavy atom. The lowest BCUT2D eigenvalue weighted by Crippen LogP contribution is -2.30. The third kappa shape index (κ3) is 2.70. The summed E-state index contributed by atoms with van der Waals surface area (Å²) in [7, 11) is 0. The third-order valence-electron chi connectivity index (χ3n) is 3.73. The molecule has 2 aromatic rings. The quantitative estimate of drug-likeness (QED) is 0.861. The van der Waals surface area contributed by atoms with Gasteiger partial charge in [-0.25, -0.2) is 0 Å². The Balaban J connectivity index is 2.07. The predicted octanol–water partition coefficient (Wildman–Crippen LogP) is 4.49. The summed E-state index contributed by atoms with van der Waals surface area (Å²) in [4.78, 5) is 13.9. The summed E-state index contributed by atoms with van der Waals surface area (Å²) >= 11 is 18.2. The highest BCUT2D eigenvalue weighted by atomic mass is 35.5. The van der Waals surface area contributed by atoms with E-state index >= 15 is 0 Å². The molecule has 0 unspecified atom stereocenters. The fourth-order valence-corrected chi connectivity index (χ4v) is 3.24. The second-order valence-corrected chi connectivity index (χ2v) is 6.32. The monoisotopic (exact) mass is 355 g/mol. The maximum absolute atomic E-state index is 12.3. The van der Waals surface area contributed by atoms with Gasteiger partial charge in [0.15, 0.2) is 0 Å². The maximum Gasteiger partial charge on any atom is 0.256 e. The second-order valence-electron chi connectivity index (χ2n) is 5.09. The van der Waals surface area contributed by atoms with Crippen LogP contribution in [-0.2, 0) is 4.79 Å². The summed E-state index contributed by atoms with van der Waals surface area (Å²) in [6, 6.07) is 11.8. The number of benzene rings is 2. The van der Waals surface area contributed by atoms with E-state index in [1.165, 1.54) is 0 Å². The van der Waals surface area contributed by atoms with Crippen molar-refractivity contribution in [1.29, 1.82) is 0 Å². The first-order chi connectivity index (χ1) is 10.5. The molecule has 0 saturated carbocycles. The van der Waals surface area contributed by atoms with Crippen LogP contribution in [0.1, 0.15) is 18.0 Å². The Morgan fingerprint density at radius 3 is 2.41 bits per heavy atom. The first kappa shape index (κ1) is 15.6. The van der Waals surface area contributed by atoms with Crippen molar-refractivity contribution in [1.82, 2.24) is 0 Å². The number of carbonyl (C=O) groups is 1. The van der Waals surface area contributed by atoms with Crippen LogP contribution in [0.15, 0.2) is 42.5 Å². The van der Waals surface area contributed by atoms with Crippen LogP contribution in [0.25, 0.3) is 0 Å². The van der Waals surface area contributed by atoms with Crippen molar-refractivity contribution < 1.29 is 9.90 Å². The van der Waals surface area contributed by atoms with Gasteiger partial charge in [-0.2, -0.15) is 0 Å². The minimum absolute atomic E-state index is 0.265. The molecule has 1 aliphatic rings. The second kappa shape index (κ2) is 6.09. The van der Waals surface area contributed by atoms with E-state index in [1.54, 1.807) is 41.3 Å². The summed E-state index contributed by atoms with van der Waals surface area (Å²) in [5.41, 5.74) is 1.38. The van der Waals surface area contributed by atoms with E-state index in [4.69, 9.17) is 34.8 Å². The van der Waals surface area contributed by atoms with E-state index in [0.29, 0.717) is 26.3 Å². The molecule has 2 atom stereocenters. The molecule has 1 saturated heterocycles. The van der Waals surface area contributed by atoms with Gasteiger partial charge in [0.25, 0.3) is 5.91 Å². The number of anilines is 1. The first-order valence-corrected chi connectivity index (χ1v) is 7.83. The van der Waals surface area contributed by atoms with E-state index in [9.17, 15) is 9.90 Å². The van der Waals surface area contributed by atoms with Crippen molar-refractivity contribution in [2.45, 2.75) is 18.6 Å². The Kier molecular flexibility index (Phi) is 4.33. The lowest BCUT2D eigenvalue weighted by Gasteiger charge is -2.26. The Morgan fingerprint density at radius 2 is 1.73 bits per heavy atom. The van der Waals surface area contributed by atoms with Crippen LogP contribution in [-0.4, -0.2) is 17.1 Å². The van der Waals surface area contributed by atoms with Gasteiger partial charge in [0.2, 0.25) is 0 Å². The molecule has 3 rings (SSSR count). The molecule has 114 valence electrons. The number of carbonyl (C=O) groups excluding carboxylic acids is 1. The number of nitrogens with zero attached hydrogens (tertiary/aromatic N) is 1. The molecule has 1 N–H and O–H groups in total. The van der Waals surface area contributed by atoms with Gasteiger partial charge < -0.3 is 10.0 Å². The van der Waals surface area contributed by atoms with Gasteiger partial charge in [0, 0.05) is 17.1 Å². The number of aliphatic hydroxyl groups excluding tert-OH is 1. The van der Waals surface area contributed by atoms with Crippen LogP contribution in [0.4, 0.5) is 5.69 Å². The summed E-state index contributed by atoms with van der Waals surface area (Å²) in [5, 5.41) is 11.4. The number of halogens is 3. The van der Waals surface area contributed by atoms with Crippen LogP contribution in [0.3, 0.4) is 0 Å². The van der Waals surface area contributed by atoms with Crippen molar-refractivity contribution in [3.05, 3.63) is 63.1 Å². The molecule has 1 heterocycles. The molecule has 0 aliphatic carbocycles. The molecule has 1 aliphatic heterocycles. The van der Waals surface area contributed by atoms with Crippen LogP contribution in [0, 0.1) is 0 Å². The molecule has 1 fully saturated rings. The SMILES string of the molecule is O=C1[C@@H](O)C[C@@H](c2cccc(Cl)c2Cl)N1c1ccc(Cl)cc1. The van der Waals surface area contributed by atoms with Crippen LogP contribution >= 0.6 is 34.8 Å². The highest BCUT2D eigenvalue weighted by Gasteiger charge is 2.41. The molecule has 2 aromatic carbocycles. The highest BCUT2D eigenvalue weighted by molar-refractivity contribution is 6.42. The average molecular weight is 357 g/mol. The molecule has 0 aromatic heterocycles. The molecule has 1 amide bonds. The van der Waals surface area contributed by atoms with Crippen molar-refractivity contribution in [2.75, 3.05) is 4.90 Å². The zero-order valence-electron chi connectivity index (χ0n) is 11.3. The average Bonchev–Trinajstić information content (AvgIpc) is 2.79. The van der Waals surface area contributed by atoms with Crippen molar-refractivity contribution in [3.8, 4) is 0 Å². The Labute approximate surface area is 143 Å². The normalized spacial score (nSPS) is 21.5. The number of amides is 1. The molecule has 22 heavy (non-hydrogen) atoms. The smallest absolute Gasteiger partial charge is 0.256 e. The zero-order chi connectivity index (χ0) is 15.9. The minimum atomic E-state index is -1.06. The fraction of sp³-hybridized carbons (Fsp3) is 0.188. The van der Waals surface area contributed by atoms with Gasteiger partial charge in [-0.05, 0) is 35.9 Å². The molecule has 0 bridgehead atoms. The van der Waals surface area contributed by atoms with Crippen LogP contribution in [0.2, 0.25) is 15.1 Å². The highest BCUT2D eigenvalue weighted by Crippen LogP contribution is 2.41. The molecule has 6 heteroatoms. The van der Waals surface area contributed by atoms with E-state index in [1.807, 2.05) is 6.07 Å². The van der Waals surface area contributed by atoms with Gasteiger partial charge in [0.05, 0.1) is 16.1 Å². The zero-order valence-corrected chi connectivity index (χ0v) is 13.6. The van der Waals surface area contributed by atoms with Gasteiger partial charge in [-0.1, -0.05) is 46.9 Å². The summed E-state index contributed by atoms with van der Waals surface area (Å²) in [5.74, 6) is -0.358. The fourth-order valence-electron chi connectivity index (χ4n) is 2.68. The Hall–Kier alpha value is -1.26. The predicted molar refractivity (Wildman–Crippen MR) is 88.8 cm³/mol. The molecule has 3 nitrogen and oxygen atoms in total. The van der Waals surface area contributed by atoms with Crippen molar-refractivity contribution >= 4 is 46.4 Å². The number of aliphatic hydroxyl groups is 1. The first-order valence-electron chi connectivity index (χ1n) is 6.69. The van der Waals surface area contributed by atoms with E-state index < -0.39 is 6.10 Å². The third-order valence-corrected chi connectivity index (χ3v) is 4.81. The van der Waals surface area contributed by atoms with Crippen LogP contribution < -0.4 is 4.90 Å². The lowest BCUT2D eigenvalue weighted by molar-refractivity contribution is -0.124. The van der Waals surface area contributed by atoms with Crippen LogP contribution in [0.5, 0.6) is 0 Å². The van der Waals surface area contributed by atoms with Gasteiger partial charge in [-0.15, -0.1) is 0 Å². The van der Waals surface area contributed by atoms with E-state index in [2.05, 4.69) is 0 Å². The summed E-state index contributed by atoms with van der Waals surface area (Å²) < 4.78 is 0. The molecular formula is C16H12Cl3NO2. The van der Waals surface area contributed by atoms with Gasteiger partial charge in [0.1, 0.15) is 6.10 Å². The van der Waals surface area contributed by atoms with E-state index in [0.717, 1.165) is 0 Å². The largest absolute Gasteiger partial charge is 0.383 e. The number of rotatable bonds is 2. The van der Waals surface area contributed by atoms with Gasteiger partial charge >= 0.3 is 0 Å².